The van der Waals surface area contributed by atoms with Crippen molar-refractivity contribution in [1.82, 2.24) is 5.32 Å². The number of piperidine rings is 1. The van der Waals surface area contributed by atoms with E-state index in [9.17, 15) is 0 Å². The van der Waals surface area contributed by atoms with Crippen LogP contribution in [-0.2, 0) is 6.54 Å². The van der Waals surface area contributed by atoms with Gasteiger partial charge in [-0.3, -0.25) is 0 Å². The van der Waals surface area contributed by atoms with Crippen LogP contribution in [0.4, 0.5) is 5.69 Å². The van der Waals surface area contributed by atoms with Crippen molar-refractivity contribution in [3.63, 3.8) is 0 Å². The van der Waals surface area contributed by atoms with E-state index in [0.29, 0.717) is 12.0 Å². The highest BCUT2D eigenvalue weighted by Gasteiger charge is 2.21. The van der Waals surface area contributed by atoms with Crippen molar-refractivity contribution in [3.8, 4) is 0 Å². The fourth-order valence-corrected chi connectivity index (χ4v) is 3.07. The van der Waals surface area contributed by atoms with Crippen molar-refractivity contribution in [2.45, 2.75) is 52.6 Å². The molecule has 0 bridgehead atoms. The Balaban J connectivity index is 2.14. The number of nitrogens with zero attached hydrogens (tertiary/aromatic N) is 1. The monoisotopic (exact) mass is 294 g/mol. The Morgan fingerprint density at radius 2 is 2.15 bits per heavy atom. The predicted octanol–water partition coefficient (Wildman–Crippen LogP) is 4.46. The van der Waals surface area contributed by atoms with Gasteiger partial charge in [0.1, 0.15) is 0 Å². The Morgan fingerprint density at radius 3 is 2.85 bits per heavy atom. The number of hydrogen-bond acceptors (Lipinski definition) is 2. The van der Waals surface area contributed by atoms with Gasteiger partial charge in [-0.15, -0.1) is 0 Å². The second-order valence-electron chi connectivity index (χ2n) is 6.34. The van der Waals surface area contributed by atoms with E-state index in [1.807, 2.05) is 6.07 Å². The molecule has 0 saturated carbocycles. The van der Waals surface area contributed by atoms with Crippen LogP contribution in [0.1, 0.15) is 45.6 Å². The Hall–Kier alpha value is -0.730. The van der Waals surface area contributed by atoms with E-state index in [4.69, 9.17) is 11.6 Å². The van der Waals surface area contributed by atoms with Crippen molar-refractivity contribution in [1.29, 1.82) is 0 Å². The molecule has 1 atom stereocenters. The molecule has 0 amide bonds. The minimum Gasteiger partial charge on any atom is -0.369 e. The molecule has 20 heavy (non-hydrogen) atoms. The maximum atomic E-state index is 6.22. The molecule has 1 aliphatic heterocycles. The molecule has 1 aliphatic rings. The van der Waals surface area contributed by atoms with Crippen molar-refractivity contribution in [2.24, 2.45) is 5.92 Å². The molecule has 1 aromatic carbocycles. The van der Waals surface area contributed by atoms with Gasteiger partial charge in [0.25, 0.3) is 0 Å². The highest BCUT2D eigenvalue weighted by Crippen LogP contribution is 2.30. The zero-order chi connectivity index (χ0) is 14.5. The van der Waals surface area contributed by atoms with Gasteiger partial charge in [-0.2, -0.15) is 0 Å². The van der Waals surface area contributed by atoms with Crippen molar-refractivity contribution in [3.05, 3.63) is 28.8 Å². The molecule has 1 N–H and O–H groups in total. The van der Waals surface area contributed by atoms with E-state index < -0.39 is 0 Å². The van der Waals surface area contributed by atoms with Gasteiger partial charge < -0.3 is 10.2 Å². The SMILES string of the molecule is CC(C)CNCc1ccc(Cl)cc1N1CCCCC1C. The molecule has 3 heteroatoms. The van der Waals surface area contributed by atoms with Gasteiger partial charge >= 0.3 is 0 Å². The molecule has 0 aliphatic carbocycles. The van der Waals surface area contributed by atoms with E-state index >= 15 is 0 Å². The van der Waals surface area contributed by atoms with Crippen LogP contribution < -0.4 is 10.2 Å². The number of anilines is 1. The molecule has 1 unspecified atom stereocenters. The first kappa shape index (κ1) is 15.7. The average Bonchev–Trinajstić information content (AvgIpc) is 2.41. The van der Waals surface area contributed by atoms with E-state index in [1.165, 1.54) is 30.5 Å². The molecule has 2 rings (SSSR count). The maximum Gasteiger partial charge on any atom is 0.0429 e. The van der Waals surface area contributed by atoms with Crippen LogP contribution in [0.15, 0.2) is 18.2 Å². The van der Waals surface area contributed by atoms with E-state index in [-0.39, 0.29) is 0 Å². The summed E-state index contributed by atoms with van der Waals surface area (Å²) in [5.74, 6) is 0.680. The molecule has 2 nitrogen and oxygen atoms in total. The highest BCUT2D eigenvalue weighted by molar-refractivity contribution is 6.30. The first-order valence-corrected chi connectivity index (χ1v) is 8.21. The fraction of sp³-hybridized carbons (Fsp3) is 0.647. The van der Waals surface area contributed by atoms with Gasteiger partial charge in [-0.25, -0.2) is 0 Å². The van der Waals surface area contributed by atoms with Crippen LogP contribution in [0.2, 0.25) is 5.02 Å². The largest absolute Gasteiger partial charge is 0.369 e. The number of rotatable bonds is 5. The number of nitrogens with one attached hydrogen (secondary N) is 1. The summed E-state index contributed by atoms with van der Waals surface area (Å²) >= 11 is 6.22. The Kier molecular flexibility index (Phi) is 5.74. The molecule has 1 aromatic rings. The topological polar surface area (TPSA) is 15.3 Å². The predicted molar refractivity (Wildman–Crippen MR) is 88.7 cm³/mol. The first-order valence-electron chi connectivity index (χ1n) is 7.83. The van der Waals surface area contributed by atoms with E-state index in [1.54, 1.807) is 0 Å². The van der Waals surface area contributed by atoms with E-state index in [0.717, 1.165) is 24.7 Å². The second kappa shape index (κ2) is 7.33. The summed E-state index contributed by atoms with van der Waals surface area (Å²) in [6.07, 6.45) is 3.92. The van der Waals surface area contributed by atoms with Gasteiger partial charge in [0.15, 0.2) is 0 Å². The molecule has 0 radical (unpaired) electrons. The molecule has 1 fully saturated rings. The quantitative estimate of drug-likeness (QED) is 0.862. The van der Waals surface area contributed by atoms with Crippen molar-refractivity contribution in [2.75, 3.05) is 18.0 Å². The van der Waals surface area contributed by atoms with Gasteiger partial charge in [-0.1, -0.05) is 31.5 Å². The van der Waals surface area contributed by atoms with Crippen LogP contribution in [-0.4, -0.2) is 19.1 Å². The summed E-state index contributed by atoms with van der Waals surface area (Å²) in [6.45, 7) is 9.93. The van der Waals surface area contributed by atoms with Gasteiger partial charge in [-0.05, 0) is 56.3 Å². The fourth-order valence-electron chi connectivity index (χ4n) is 2.91. The third-order valence-corrected chi connectivity index (χ3v) is 4.26. The number of halogens is 1. The lowest BCUT2D eigenvalue weighted by molar-refractivity contribution is 0.482. The molecule has 112 valence electrons. The third-order valence-electron chi connectivity index (χ3n) is 4.03. The molecule has 1 saturated heterocycles. The summed E-state index contributed by atoms with van der Waals surface area (Å²) in [4.78, 5) is 2.53. The smallest absolute Gasteiger partial charge is 0.0429 e. The zero-order valence-corrected chi connectivity index (χ0v) is 13.7. The minimum atomic E-state index is 0.617. The normalized spacial score (nSPS) is 19.6. The lowest BCUT2D eigenvalue weighted by Crippen LogP contribution is -2.38. The van der Waals surface area contributed by atoms with Crippen LogP contribution in [0.5, 0.6) is 0 Å². The lowest BCUT2D eigenvalue weighted by Gasteiger charge is -2.37. The average molecular weight is 295 g/mol. The molecular formula is C17H27ClN2. The van der Waals surface area contributed by atoms with Crippen molar-refractivity contribution >= 4 is 17.3 Å². The highest BCUT2D eigenvalue weighted by atomic mass is 35.5. The summed E-state index contributed by atoms with van der Waals surface area (Å²) in [6, 6.07) is 6.93. The Morgan fingerprint density at radius 1 is 1.35 bits per heavy atom. The van der Waals surface area contributed by atoms with E-state index in [2.05, 4.69) is 43.1 Å². The molecular weight excluding hydrogens is 268 g/mol. The standard InChI is InChI=1S/C17H27ClN2/c1-13(2)11-19-12-15-7-8-16(18)10-17(15)20-9-5-4-6-14(20)3/h7-8,10,13-14,19H,4-6,9,11-12H2,1-3H3. The van der Waals surface area contributed by atoms with Crippen LogP contribution in [0.3, 0.4) is 0 Å². The second-order valence-corrected chi connectivity index (χ2v) is 6.77. The van der Waals surface area contributed by atoms with Gasteiger partial charge in [0, 0.05) is 29.8 Å². The number of benzene rings is 1. The summed E-state index contributed by atoms with van der Waals surface area (Å²) in [5.41, 5.74) is 2.68. The number of hydrogen-bond donors (Lipinski definition) is 1. The maximum absolute atomic E-state index is 6.22. The summed E-state index contributed by atoms with van der Waals surface area (Å²) < 4.78 is 0. The third kappa shape index (κ3) is 4.13. The van der Waals surface area contributed by atoms with Crippen LogP contribution in [0.25, 0.3) is 0 Å². The molecule has 1 heterocycles. The summed E-state index contributed by atoms with van der Waals surface area (Å²) in [7, 11) is 0. The molecule has 0 spiro atoms. The van der Waals surface area contributed by atoms with Gasteiger partial charge in [0.05, 0.1) is 0 Å². The van der Waals surface area contributed by atoms with Crippen LogP contribution in [0, 0.1) is 5.92 Å². The summed E-state index contributed by atoms with van der Waals surface area (Å²) in [5, 5.41) is 4.38. The molecule has 0 aromatic heterocycles. The first-order chi connectivity index (χ1) is 9.58. The van der Waals surface area contributed by atoms with Crippen molar-refractivity contribution < 1.29 is 0 Å². The van der Waals surface area contributed by atoms with Gasteiger partial charge in [0.2, 0.25) is 0 Å². The van der Waals surface area contributed by atoms with Crippen LogP contribution >= 0.6 is 11.6 Å². The Bertz CT molecular complexity index is 431. The minimum absolute atomic E-state index is 0.617. The lowest BCUT2D eigenvalue weighted by atomic mass is 10.0. The zero-order valence-electron chi connectivity index (χ0n) is 13.0. The Labute approximate surface area is 128 Å².